The first-order chi connectivity index (χ1) is 13.6. The molecule has 1 saturated heterocycles. The van der Waals surface area contributed by atoms with Crippen molar-refractivity contribution in [2.45, 2.75) is 6.42 Å². The number of nitrogens with one attached hydrogen (secondary N) is 2. The van der Waals surface area contributed by atoms with Crippen LogP contribution in [0.5, 0.6) is 0 Å². The Morgan fingerprint density at radius 2 is 1.57 bits per heavy atom. The van der Waals surface area contributed by atoms with Crippen molar-refractivity contribution >= 4 is 17.6 Å². The maximum Gasteiger partial charge on any atom is 0.317 e. The van der Waals surface area contributed by atoms with Gasteiger partial charge < -0.3 is 20.4 Å². The summed E-state index contributed by atoms with van der Waals surface area (Å²) in [5, 5.41) is 5.48. The van der Waals surface area contributed by atoms with Gasteiger partial charge in [-0.3, -0.25) is 4.79 Å². The quantitative estimate of drug-likeness (QED) is 0.801. The van der Waals surface area contributed by atoms with Crippen LogP contribution in [0.3, 0.4) is 0 Å². The number of carbonyl (C=O) groups is 2. The summed E-state index contributed by atoms with van der Waals surface area (Å²) in [5.41, 5.74) is 2.10. The summed E-state index contributed by atoms with van der Waals surface area (Å²) >= 11 is 0. The van der Waals surface area contributed by atoms with Gasteiger partial charge >= 0.3 is 6.03 Å². The zero-order valence-corrected chi connectivity index (χ0v) is 15.7. The highest BCUT2D eigenvalue weighted by atomic mass is 19.1. The smallest absolute Gasteiger partial charge is 0.317 e. The molecule has 0 radical (unpaired) electrons. The van der Waals surface area contributed by atoms with E-state index in [1.54, 1.807) is 17.0 Å². The number of benzene rings is 2. The van der Waals surface area contributed by atoms with Crippen LogP contribution < -0.4 is 15.5 Å². The maximum absolute atomic E-state index is 13.0. The molecule has 3 amide bonds. The largest absolute Gasteiger partial charge is 0.368 e. The second kappa shape index (κ2) is 9.73. The molecule has 1 fully saturated rings. The van der Waals surface area contributed by atoms with E-state index < -0.39 is 0 Å². The van der Waals surface area contributed by atoms with E-state index >= 15 is 0 Å². The standard InChI is InChI=1S/C21H25FN4O2/c22-18-6-8-19(9-7-18)25-12-14-26(15-13-25)21(28)24-16-20(27)23-11-10-17-4-2-1-3-5-17/h1-9H,10-16H2,(H,23,27)(H,24,28). The van der Waals surface area contributed by atoms with E-state index in [0.29, 0.717) is 32.7 Å². The molecule has 148 valence electrons. The molecule has 0 saturated carbocycles. The Balaban J connectivity index is 1.34. The lowest BCUT2D eigenvalue weighted by atomic mass is 10.1. The molecule has 0 aromatic heterocycles. The van der Waals surface area contributed by atoms with Crippen molar-refractivity contribution in [2.24, 2.45) is 0 Å². The lowest BCUT2D eigenvalue weighted by Gasteiger charge is -2.36. The zero-order chi connectivity index (χ0) is 19.8. The van der Waals surface area contributed by atoms with Gasteiger partial charge in [-0.1, -0.05) is 30.3 Å². The summed E-state index contributed by atoms with van der Waals surface area (Å²) in [5.74, 6) is -0.460. The van der Waals surface area contributed by atoms with E-state index in [4.69, 9.17) is 0 Å². The summed E-state index contributed by atoms with van der Waals surface area (Å²) in [7, 11) is 0. The van der Waals surface area contributed by atoms with Crippen molar-refractivity contribution in [3.63, 3.8) is 0 Å². The zero-order valence-electron chi connectivity index (χ0n) is 15.7. The lowest BCUT2D eigenvalue weighted by Crippen LogP contribution is -2.53. The molecule has 0 atom stereocenters. The molecule has 0 unspecified atom stereocenters. The van der Waals surface area contributed by atoms with Gasteiger partial charge in [0.1, 0.15) is 5.82 Å². The fraction of sp³-hybridized carbons (Fsp3) is 0.333. The fourth-order valence-corrected chi connectivity index (χ4v) is 3.14. The van der Waals surface area contributed by atoms with Gasteiger partial charge in [-0.2, -0.15) is 0 Å². The third-order valence-electron chi connectivity index (χ3n) is 4.74. The molecule has 28 heavy (non-hydrogen) atoms. The number of amides is 3. The molecular weight excluding hydrogens is 359 g/mol. The van der Waals surface area contributed by atoms with Gasteiger partial charge in [-0.25, -0.2) is 9.18 Å². The number of halogens is 1. The molecule has 6 nitrogen and oxygen atoms in total. The molecule has 1 aliphatic heterocycles. The Labute approximate surface area is 164 Å². The van der Waals surface area contributed by atoms with Crippen LogP contribution in [0.2, 0.25) is 0 Å². The molecule has 0 aliphatic carbocycles. The summed E-state index contributed by atoms with van der Waals surface area (Å²) in [6.45, 7) is 2.95. The topological polar surface area (TPSA) is 64.7 Å². The average molecular weight is 384 g/mol. The van der Waals surface area contributed by atoms with Crippen LogP contribution in [0.15, 0.2) is 54.6 Å². The van der Waals surface area contributed by atoms with Crippen molar-refractivity contribution in [3.8, 4) is 0 Å². The number of piperazine rings is 1. The minimum absolute atomic E-state index is 0.0359. The van der Waals surface area contributed by atoms with Crippen LogP contribution in [-0.2, 0) is 11.2 Å². The van der Waals surface area contributed by atoms with Gasteiger partial charge in [0.25, 0.3) is 0 Å². The number of rotatable bonds is 6. The Bertz CT molecular complexity index is 775. The normalized spacial score (nSPS) is 13.9. The third kappa shape index (κ3) is 5.70. The number of hydrogen-bond acceptors (Lipinski definition) is 3. The number of anilines is 1. The molecule has 2 N–H and O–H groups in total. The first-order valence-electron chi connectivity index (χ1n) is 9.46. The molecule has 1 aliphatic rings. The number of carbonyl (C=O) groups excluding carboxylic acids is 2. The predicted molar refractivity (Wildman–Crippen MR) is 107 cm³/mol. The summed E-state index contributed by atoms with van der Waals surface area (Å²) in [6, 6.07) is 16.0. The second-order valence-corrected chi connectivity index (χ2v) is 6.69. The molecular formula is C21H25FN4O2. The highest BCUT2D eigenvalue weighted by molar-refractivity contribution is 5.84. The monoisotopic (exact) mass is 384 g/mol. The van der Waals surface area contributed by atoms with Gasteiger partial charge in [-0.05, 0) is 36.2 Å². The molecule has 2 aromatic rings. The summed E-state index contributed by atoms with van der Waals surface area (Å²) in [4.78, 5) is 28.0. The van der Waals surface area contributed by atoms with E-state index in [9.17, 15) is 14.0 Å². The molecule has 2 aromatic carbocycles. The first kappa shape index (κ1) is 19.7. The average Bonchev–Trinajstić information content (AvgIpc) is 2.73. The predicted octanol–water partition coefficient (Wildman–Crippen LogP) is 2.02. The maximum atomic E-state index is 13.0. The van der Waals surface area contributed by atoms with Crippen molar-refractivity contribution in [3.05, 3.63) is 66.0 Å². The van der Waals surface area contributed by atoms with Crippen molar-refractivity contribution < 1.29 is 14.0 Å². The van der Waals surface area contributed by atoms with E-state index in [1.165, 1.54) is 12.1 Å². The highest BCUT2D eigenvalue weighted by Crippen LogP contribution is 2.16. The molecule has 0 bridgehead atoms. The molecule has 7 heteroatoms. The van der Waals surface area contributed by atoms with Gasteiger partial charge in [0, 0.05) is 38.4 Å². The van der Waals surface area contributed by atoms with Crippen molar-refractivity contribution in [1.29, 1.82) is 0 Å². The van der Waals surface area contributed by atoms with Crippen LogP contribution >= 0.6 is 0 Å². The number of urea groups is 1. The van der Waals surface area contributed by atoms with Gasteiger partial charge in [0.05, 0.1) is 6.54 Å². The Kier molecular flexibility index (Phi) is 6.84. The van der Waals surface area contributed by atoms with Gasteiger partial charge in [0.2, 0.25) is 5.91 Å². The fourth-order valence-electron chi connectivity index (χ4n) is 3.14. The van der Waals surface area contributed by atoms with Crippen LogP contribution in [0.25, 0.3) is 0 Å². The van der Waals surface area contributed by atoms with Crippen LogP contribution in [-0.4, -0.2) is 56.1 Å². The Morgan fingerprint density at radius 1 is 0.893 bits per heavy atom. The molecule has 3 rings (SSSR count). The second-order valence-electron chi connectivity index (χ2n) is 6.69. The molecule has 0 spiro atoms. The minimum atomic E-state index is -0.260. The molecule has 1 heterocycles. The number of nitrogens with zero attached hydrogens (tertiary/aromatic N) is 2. The lowest BCUT2D eigenvalue weighted by molar-refractivity contribution is -0.120. The Morgan fingerprint density at radius 3 is 2.25 bits per heavy atom. The van der Waals surface area contributed by atoms with E-state index in [-0.39, 0.29) is 24.3 Å². The van der Waals surface area contributed by atoms with Gasteiger partial charge in [-0.15, -0.1) is 0 Å². The first-order valence-corrected chi connectivity index (χ1v) is 9.46. The third-order valence-corrected chi connectivity index (χ3v) is 4.74. The van der Waals surface area contributed by atoms with E-state index in [0.717, 1.165) is 17.7 Å². The van der Waals surface area contributed by atoms with Crippen LogP contribution in [0.4, 0.5) is 14.9 Å². The highest BCUT2D eigenvalue weighted by Gasteiger charge is 2.21. The van der Waals surface area contributed by atoms with Gasteiger partial charge in [0.15, 0.2) is 0 Å². The minimum Gasteiger partial charge on any atom is -0.368 e. The van der Waals surface area contributed by atoms with E-state index in [1.807, 2.05) is 30.3 Å². The summed E-state index contributed by atoms with van der Waals surface area (Å²) < 4.78 is 13.0. The SMILES string of the molecule is O=C(CNC(=O)N1CCN(c2ccc(F)cc2)CC1)NCCc1ccccc1. The summed E-state index contributed by atoms with van der Waals surface area (Å²) in [6.07, 6.45) is 0.756. The van der Waals surface area contributed by atoms with Crippen molar-refractivity contribution in [1.82, 2.24) is 15.5 Å². The van der Waals surface area contributed by atoms with Crippen LogP contribution in [0.1, 0.15) is 5.56 Å². The van der Waals surface area contributed by atoms with Crippen molar-refractivity contribution in [2.75, 3.05) is 44.2 Å². The number of hydrogen-bond donors (Lipinski definition) is 2. The van der Waals surface area contributed by atoms with Crippen LogP contribution in [0, 0.1) is 5.82 Å². The van der Waals surface area contributed by atoms with E-state index in [2.05, 4.69) is 15.5 Å². The Hall–Kier alpha value is -3.09.